The van der Waals surface area contributed by atoms with E-state index in [0.717, 1.165) is 29.5 Å². The van der Waals surface area contributed by atoms with E-state index in [4.69, 9.17) is 0 Å². The van der Waals surface area contributed by atoms with Crippen LogP contribution in [-0.2, 0) is 4.79 Å². The van der Waals surface area contributed by atoms with Crippen LogP contribution in [-0.4, -0.2) is 17.7 Å². The van der Waals surface area contributed by atoms with Crippen LogP contribution in [0.15, 0.2) is 18.2 Å². The van der Waals surface area contributed by atoms with E-state index < -0.39 is 0 Å². The van der Waals surface area contributed by atoms with E-state index in [1.165, 1.54) is 19.3 Å². The second kappa shape index (κ2) is 7.39. The number of hydrogen-bond donors (Lipinski definition) is 1. The molecule has 0 heterocycles. The van der Waals surface area contributed by atoms with E-state index in [1.54, 1.807) is 0 Å². The van der Waals surface area contributed by atoms with E-state index in [-0.39, 0.29) is 11.7 Å². The van der Waals surface area contributed by atoms with E-state index in [1.807, 2.05) is 32.0 Å². The highest BCUT2D eigenvalue weighted by Crippen LogP contribution is 2.18. The Morgan fingerprint density at radius 1 is 1.10 bits per heavy atom. The minimum atomic E-state index is 0.0144. The first-order valence-electron chi connectivity index (χ1n) is 7.96. The Balaban J connectivity index is 1.82. The lowest BCUT2D eigenvalue weighted by Crippen LogP contribution is -2.36. The van der Waals surface area contributed by atoms with Gasteiger partial charge >= 0.3 is 0 Å². The second-order valence-electron chi connectivity index (χ2n) is 6.14. The molecule has 0 bridgehead atoms. The normalized spacial score (nSPS) is 15.7. The molecule has 2 rings (SSSR count). The van der Waals surface area contributed by atoms with Gasteiger partial charge in [0.15, 0.2) is 5.78 Å². The summed E-state index contributed by atoms with van der Waals surface area (Å²) in [6.07, 6.45) is 6.43. The molecular weight excluding hydrogens is 262 g/mol. The standard InChI is InChI=1S/C18H25NO2/c1-13-8-9-14(2)16(12-13)17(20)10-11-18(21)19-15-6-4-3-5-7-15/h8-9,12,15H,3-7,10-11H2,1-2H3,(H,19,21). The van der Waals surface area contributed by atoms with Gasteiger partial charge < -0.3 is 5.32 Å². The predicted octanol–water partition coefficient (Wildman–Crippen LogP) is 3.72. The highest BCUT2D eigenvalue weighted by Gasteiger charge is 2.17. The van der Waals surface area contributed by atoms with Crippen LogP contribution in [0.25, 0.3) is 0 Å². The van der Waals surface area contributed by atoms with Crippen LogP contribution in [0, 0.1) is 13.8 Å². The largest absolute Gasteiger partial charge is 0.353 e. The van der Waals surface area contributed by atoms with Gasteiger partial charge in [-0.25, -0.2) is 0 Å². The Morgan fingerprint density at radius 2 is 1.81 bits per heavy atom. The first kappa shape index (κ1) is 15.7. The highest BCUT2D eigenvalue weighted by molar-refractivity contribution is 5.99. The Bertz CT molecular complexity index is 516. The van der Waals surface area contributed by atoms with Crippen molar-refractivity contribution in [1.29, 1.82) is 0 Å². The molecule has 1 N–H and O–H groups in total. The van der Waals surface area contributed by atoms with Crippen molar-refractivity contribution < 1.29 is 9.59 Å². The summed E-state index contributed by atoms with van der Waals surface area (Å²) in [7, 11) is 0. The smallest absolute Gasteiger partial charge is 0.220 e. The van der Waals surface area contributed by atoms with Gasteiger partial charge in [-0.3, -0.25) is 9.59 Å². The summed E-state index contributed by atoms with van der Waals surface area (Å²) >= 11 is 0. The fourth-order valence-corrected chi connectivity index (χ4v) is 2.94. The number of nitrogens with one attached hydrogen (secondary N) is 1. The number of rotatable bonds is 5. The van der Waals surface area contributed by atoms with Crippen molar-refractivity contribution in [3.05, 3.63) is 34.9 Å². The predicted molar refractivity (Wildman–Crippen MR) is 84.5 cm³/mol. The molecule has 0 spiro atoms. The number of hydrogen-bond acceptors (Lipinski definition) is 2. The molecule has 1 saturated carbocycles. The molecule has 114 valence electrons. The molecule has 1 aromatic rings. The highest BCUT2D eigenvalue weighted by atomic mass is 16.2. The lowest BCUT2D eigenvalue weighted by atomic mass is 9.95. The zero-order valence-corrected chi connectivity index (χ0v) is 13.1. The van der Waals surface area contributed by atoms with Crippen molar-refractivity contribution in [2.75, 3.05) is 0 Å². The lowest BCUT2D eigenvalue weighted by molar-refractivity contribution is -0.121. The molecule has 1 amide bonds. The van der Waals surface area contributed by atoms with Crippen LogP contribution in [0.1, 0.15) is 66.4 Å². The van der Waals surface area contributed by atoms with E-state index in [9.17, 15) is 9.59 Å². The van der Waals surface area contributed by atoms with Crippen molar-refractivity contribution in [1.82, 2.24) is 5.32 Å². The number of ketones is 1. The first-order chi connectivity index (χ1) is 10.1. The molecular formula is C18H25NO2. The number of amides is 1. The van der Waals surface area contributed by atoms with E-state index >= 15 is 0 Å². The van der Waals surface area contributed by atoms with E-state index in [2.05, 4.69) is 5.32 Å². The van der Waals surface area contributed by atoms with Crippen molar-refractivity contribution in [2.45, 2.75) is 64.8 Å². The Labute approximate surface area is 127 Å². The zero-order valence-electron chi connectivity index (χ0n) is 13.1. The maximum Gasteiger partial charge on any atom is 0.220 e. The summed E-state index contributed by atoms with van der Waals surface area (Å²) in [6, 6.07) is 6.20. The molecule has 3 heteroatoms. The van der Waals surface area contributed by atoms with Gasteiger partial charge in [-0.2, -0.15) is 0 Å². The van der Waals surface area contributed by atoms with Crippen molar-refractivity contribution in [3.8, 4) is 0 Å². The van der Waals surface area contributed by atoms with Crippen LogP contribution in [0.4, 0.5) is 0 Å². The average molecular weight is 287 g/mol. The fourth-order valence-electron chi connectivity index (χ4n) is 2.94. The van der Waals surface area contributed by atoms with Crippen LogP contribution >= 0.6 is 0 Å². The molecule has 3 nitrogen and oxygen atoms in total. The van der Waals surface area contributed by atoms with Crippen LogP contribution in [0.3, 0.4) is 0 Å². The molecule has 1 aliphatic carbocycles. The van der Waals surface area contributed by atoms with Gasteiger partial charge in [0, 0.05) is 24.4 Å². The maximum absolute atomic E-state index is 12.2. The number of carbonyl (C=O) groups is 2. The van der Waals surface area contributed by atoms with Gasteiger partial charge in [0.1, 0.15) is 0 Å². The Kier molecular flexibility index (Phi) is 5.54. The van der Waals surface area contributed by atoms with Crippen LogP contribution in [0.2, 0.25) is 0 Å². The van der Waals surface area contributed by atoms with Gasteiger partial charge in [-0.05, 0) is 38.3 Å². The summed E-state index contributed by atoms with van der Waals surface area (Å²) in [5.41, 5.74) is 2.81. The molecule has 0 aromatic heterocycles. The summed E-state index contributed by atoms with van der Waals surface area (Å²) in [5.74, 6) is 0.0792. The molecule has 0 unspecified atom stereocenters. The zero-order chi connectivity index (χ0) is 15.2. The summed E-state index contributed by atoms with van der Waals surface area (Å²) in [5, 5.41) is 3.06. The molecule has 0 aliphatic heterocycles. The Hall–Kier alpha value is -1.64. The lowest BCUT2D eigenvalue weighted by Gasteiger charge is -2.22. The van der Waals surface area contributed by atoms with Gasteiger partial charge in [0.25, 0.3) is 0 Å². The maximum atomic E-state index is 12.2. The quantitative estimate of drug-likeness (QED) is 0.839. The molecule has 0 atom stereocenters. The molecule has 21 heavy (non-hydrogen) atoms. The number of carbonyl (C=O) groups excluding carboxylic acids is 2. The van der Waals surface area contributed by atoms with Gasteiger partial charge in [0.2, 0.25) is 5.91 Å². The third kappa shape index (κ3) is 4.69. The van der Waals surface area contributed by atoms with E-state index in [0.29, 0.717) is 18.9 Å². The summed E-state index contributed by atoms with van der Waals surface area (Å²) in [6.45, 7) is 3.92. The average Bonchev–Trinajstić information content (AvgIpc) is 2.48. The summed E-state index contributed by atoms with van der Waals surface area (Å²) in [4.78, 5) is 24.2. The molecule has 1 aliphatic rings. The SMILES string of the molecule is Cc1ccc(C)c(C(=O)CCC(=O)NC2CCCCC2)c1. The molecule has 0 saturated heterocycles. The van der Waals surface area contributed by atoms with Crippen molar-refractivity contribution in [2.24, 2.45) is 0 Å². The van der Waals surface area contributed by atoms with Gasteiger partial charge in [0.05, 0.1) is 0 Å². The first-order valence-corrected chi connectivity index (χ1v) is 7.96. The topological polar surface area (TPSA) is 46.2 Å². The minimum absolute atomic E-state index is 0.0144. The van der Waals surface area contributed by atoms with Gasteiger partial charge in [-0.1, -0.05) is 37.0 Å². The molecule has 1 aromatic carbocycles. The van der Waals surface area contributed by atoms with Crippen molar-refractivity contribution in [3.63, 3.8) is 0 Å². The Morgan fingerprint density at radius 3 is 2.52 bits per heavy atom. The molecule has 0 radical (unpaired) electrons. The van der Waals surface area contributed by atoms with Gasteiger partial charge in [-0.15, -0.1) is 0 Å². The summed E-state index contributed by atoms with van der Waals surface area (Å²) < 4.78 is 0. The number of benzene rings is 1. The van der Waals surface area contributed by atoms with Crippen LogP contribution < -0.4 is 5.32 Å². The third-order valence-corrected chi connectivity index (χ3v) is 4.24. The fraction of sp³-hybridized carbons (Fsp3) is 0.556. The third-order valence-electron chi connectivity index (χ3n) is 4.24. The number of Topliss-reactive ketones (excluding diaryl/α,β-unsaturated/α-hetero) is 1. The number of aryl methyl sites for hydroxylation is 2. The minimum Gasteiger partial charge on any atom is -0.353 e. The monoisotopic (exact) mass is 287 g/mol. The van der Waals surface area contributed by atoms with Crippen molar-refractivity contribution >= 4 is 11.7 Å². The molecule has 1 fully saturated rings. The second-order valence-corrected chi connectivity index (χ2v) is 6.14. The van der Waals surface area contributed by atoms with Crippen LogP contribution in [0.5, 0.6) is 0 Å².